The Labute approximate surface area is 840 Å². The number of ether oxygens (including phenoxy) is 10. The van der Waals surface area contributed by atoms with Gasteiger partial charge < -0.3 is 143 Å². The molecule has 0 heterocycles. The largest absolute Gasteiger partial charge is 0.465 e. The van der Waals surface area contributed by atoms with Gasteiger partial charge >= 0.3 is 35.8 Å². The highest BCUT2D eigenvalue weighted by molar-refractivity contribution is 5.82. The second-order valence-electron chi connectivity index (χ2n) is 36.2. The van der Waals surface area contributed by atoms with E-state index in [9.17, 15) is 102 Å². The number of nitrogens with one attached hydrogen (secondary N) is 6. The van der Waals surface area contributed by atoms with E-state index >= 15 is 0 Å². The lowest BCUT2D eigenvalue weighted by Crippen LogP contribution is -2.35. The van der Waals surface area contributed by atoms with E-state index in [1.165, 1.54) is 14.1 Å². The minimum Gasteiger partial charge on any atom is -0.465 e. The number of aliphatic hydroxyl groups excluding tert-OH is 8. The number of hydrogen-bond donors (Lipinski definition) is 18. The number of amides is 10. The third kappa shape index (κ3) is 101. The lowest BCUT2D eigenvalue weighted by molar-refractivity contribution is -0.159. The van der Waals surface area contributed by atoms with Crippen LogP contribution in [0.4, 0.5) is 0 Å². The van der Waals surface area contributed by atoms with Gasteiger partial charge in [-0.1, -0.05) is 83.1 Å². The highest BCUT2D eigenvalue weighted by Gasteiger charge is 2.31. The highest BCUT2D eigenvalue weighted by atomic mass is 16.6. The molecular weight excluding hydrogens is 1850 g/mol. The second kappa shape index (κ2) is 91.0. The van der Waals surface area contributed by atoms with Crippen molar-refractivity contribution in [3.8, 4) is 0 Å². The van der Waals surface area contributed by atoms with Gasteiger partial charge in [0.15, 0.2) is 0 Å². The lowest BCUT2D eigenvalue weighted by atomic mass is 9.91. The van der Waals surface area contributed by atoms with Gasteiger partial charge in [-0.3, -0.25) is 76.7 Å². The Balaban J connectivity index is -0.000000169. The van der Waals surface area contributed by atoms with Crippen LogP contribution in [-0.2, 0) is 124 Å². The van der Waals surface area contributed by atoms with Crippen molar-refractivity contribution in [2.24, 2.45) is 57.4 Å². The molecule has 0 fully saturated rings. The Bertz CT molecular complexity index is 3370. The number of esters is 6. The number of carbonyl (C=O) groups excluding carboxylic acids is 16. The maximum atomic E-state index is 11.6. The van der Waals surface area contributed by atoms with Crippen molar-refractivity contribution in [2.45, 2.75) is 386 Å². The van der Waals surface area contributed by atoms with Gasteiger partial charge in [0, 0.05) is 68.3 Å². The number of aliphatic hydroxyl groups is 8. The zero-order chi connectivity index (χ0) is 112. The van der Waals surface area contributed by atoms with Gasteiger partial charge in [0.2, 0.25) is 59.1 Å². The number of carbonyl (C=O) groups is 16. The highest BCUT2D eigenvalue weighted by Crippen LogP contribution is 2.24. The maximum absolute atomic E-state index is 11.6. The van der Waals surface area contributed by atoms with Gasteiger partial charge in [0.1, 0.15) is 32.0 Å². The SMILES string of the molecule is CCC(C)(C)C(=O)OCC(CO)C(=O)NC.CCC(C)(C)C(=O)OCC(O)CC(N)=O.CCC(C)(C)OC(=O)CC(O)CC(N)=O.CCC(C)(C)OCC(O)CC(=O)NC.CCC(C)(C)OCCCC(=O)NC.CCC(C)C(=O)OCC(CO)C(=O)NC.CCC(C)C(=O)OCC(O)CC(N)=O.CCC(C)OC(=O)CC(O)CC(N)=O.CCC(C)OCC(O)CC(=O)NC.CCC(C)OCCCC(=O)NC. The van der Waals surface area contributed by atoms with E-state index in [0.29, 0.717) is 64.3 Å². The first kappa shape index (κ1) is 152. The molecule has 13 atom stereocenters. The van der Waals surface area contributed by atoms with E-state index in [2.05, 4.69) is 59.6 Å². The minimum atomic E-state index is -1.05. The summed E-state index contributed by atoms with van der Waals surface area (Å²) in [6.07, 6.45) is 4.38. The van der Waals surface area contributed by atoms with E-state index in [-0.39, 0.29) is 199 Å². The van der Waals surface area contributed by atoms with Crippen LogP contribution in [0.25, 0.3) is 0 Å². The average Bonchev–Trinajstić information content (AvgIpc) is 0.872. The summed E-state index contributed by atoms with van der Waals surface area (Å²) in [6, 6.07) is 0. The summed E-state index contributed by atoms with van der Waals surface area (Å²) < 4.78 is 51.3. The second-order valence-corrected chi connectivity index (χ2v) is 36.2. The maximum Gasteiger partial charge on any atom is 0.311 e. The lowest BCUT2D eigenvalue weighted by Gasteiger charge is -2.25. The summed E-state index contributed by atoms with van der Waals surface area (Å²) >= 11 is 0. The van der Waals surface area contributed by atoms with Gasteiger partial charge in [0.05, 0.1) is 178 Å². The first-order valence-electron chi connectivity index (χ1n) is 48.4. The first-order valence-corrected chi connectivity index (χ1v) is 48.4. The first-order chi connectivity index (χ1) is 65.1. The van der Waals surface area contributed by atoms with Gasteiger partial charge in [-0.25, -0.2) is 0 Å². The standard InChI is InChI=1S/C11H21NO4.3C10H19NO4.C10H21NO3.C10H21NO2.2C9H17NO4.C9H19NO3.C9H19NO2/c1-5-11(2,3)10(15)16-7-8(6-13)9(14)12-4;1-4-10(2,3)9(14)15-6-7(12)5-8(11)13;1-4-10(2,3)15-9(14)6-7(12)5-8(11)13;1-4-7(2)10(14)15-6-8(5-12)9(13)11-3;1-5-10(2,3)14-7-8(12)6-9(13)11-4;1-5-10(2,3)13-8-6-7-9(12)11-4;1-3-6(2)9(13)14-5-7(11)4-8(10)12;1-3-6(2)14-9(13)5-7(11)4-8(10)12;1-4-7(2)13-6-8(11)5-9(12)10-3;1-4-8(2)12-7-5-6-9(11)10-3/h8,13H,5-7H2,1-4H3,(H,12,14);2*7,12H,4-6H2,1-3H3,(H2,11,13);7-8,12H,4-6H2,1-3H3,(H,11,13);8,12H,5-7H2,1-4H3,(H,11,13);5-8H2,1-4H3,(H,11,12);2*6-7,11H,3-5H2,1-2H3,(H2,10,12);7-8,11H,4-6H2,1-3H3,(H,10,12);8H,4-7H2,1-3H3,(H,10,11). The van der Waals surface area contributed by atoms with Crippen molar-refractivity contribution in [1.29, 1.82) is 0 Å². The van der Waals surface area contributed by atoms with Gasteiger partial charge in [0.25, 0.3) is 0 Å². The minimum absolute atomic E-state index is 0.0529. The summed E-state index contributed by atoms with van der Waals surface area (Å²) in [6.45, 7) is 48.0. The summed E-state index contributed by atoms with van der Waals surface area (Å²) in [7, 11) is 9.35. The number of primary amides is 4. The molecule has 0 radical (unpaired) electrons. The molecule has 44 heteroatoms. The van der Waals surface area contributed by atoms with E-state index < -0.39 is 100 Å². The third-order valence-electron chi connectivity index (χ3n) is 21.0. The Morgan fingerprint density at radius 3 is 0.943 bits per heavy atom. The molecule has 0 aliphatic heterocycles. The molecule has 0 aromatic rings. The van der Waals surface area contributed by atoms with Crippen LogP contribution in [-0.4, -0.2) is 316 Å². The zero-order valence-corrected chi connectivity index (χ0v) is 91.1. The topological polar surface area (TPSA) is 704 Å². The van der Waals surface area contributed by atoms with E-state index in [0.717, 1.165) is 44.9 Å². The molecule has 0 saturated heterocycles. The summed E-state index contributed by atoms with van der Waals surface area (Å²) in [5, 5.41) is 88.2. The Kier molecular flexibility index (Phi) is 98.3. The Hall–Kier alpha value is -8.96. The summed E-state index contributed by atoms with van der Waals surface area (Å²) in [5.74, 6) is -7.50. The van der Waals surface area contributed by atoms with Crippen LogP contribution in [0, 0.1) is 34.5 Å². The van der Waals surface area contributed by atoms with Crippen molar-refractivity contribution in [1.82, 2.24) is 31.9 Å². The quantitative estimate of drug-likeness (QED) is 0.0225. The number of hydrogen-bond acceptors (Lipinski definition) is 34. The molecule has 0 aliphatic carbocycles. The number of nitrogens with two attached hydrogens (primary N) is 4. The molecule has 0 aromatic carbocycles. The van der Waals surface area contributed by atoms with Gasteiger partial charge in [-0.15, -0.1) is 0 Å². The van der Waals surface area contributed by atoms with Gasteiger partial charge in [-0.2, -0.15) is 0 Å². The third-order valence-corrected chi connectivity index (χ3v) is 21.0. The fourth-order valence-corrected chi connectivity index (χ4v) is 8.33. The molecule has 0 spiro atoms. The fraction of sp³-hybridized carbons (Fsp3) is 0.835. The number of rotatable bonds is 60. The van der Waals surface area contributed by atoms with Crippen LogP contribution < -0.4 is 54.8 Å². The Morgan fingerprint density at radius 2 is 0.617 bits per heavy atom. The fourth-order valence-electron chi connectivity index (χ4n) is 8.33. The molecule has 834 valence electrons. The van der Waals surface area contributed by atoms with Crippen LogP contribution in [0.2, 0.25) is 0 Å². The van der Waals surface area contributed by atoms with Crippen LogP contribution >= 0.6 is 0 Å². The van der Waals surface area contributed by atoms with Crippen LogP contribution in [0.3, 0.4) is 0 Å². The van der Waals surface area contributed by atoms with Gasteiger partial charge in [-0.05, 0) is 167 Å². The van der Waals surface area contributed by atoms with E-state index in [4.69, 9.17) is 85.6 Å². The van der Waals surface area contributed by atoms with E-state index in [1.54, 1.807) is 90.5 Å². The molecule has 13 unspecified atom stereocenters. The predicted octanol–water partition coefficient (Wildman–Crippen LogP) is 4.60. The molecule has 0 rings (SSSR count). The molecule has 0 aliphatic rings. The molecule has 10 amide bonds. The molecule has 0 aromatic heterocycles. The molecule has 141 heavy (non-hydrogen) atoms. The van der Waals surface area contributed by atoms with Crippen molar-refractivity contribution < 1.29 is 165 Å². The zero-order valence-electron chi connectivity index (χ0n) is 91.1. The monoisotopic (exact) mass is 2040 g/mol. The van der Waals surface area contributed by atoms with Crippen LogP contribution in [0.5, 0.6) is 0 Å². The van der Waals surface area contributed by atoms with Crippen LogP contribution in [0.1, 0.15) is 314 Å². The molecular formula is C97H192N10O34. The van der Waals surface area contributed by atoms with Crippen LogP contribution in [0.15, 0.2) is 0 Å². The van der Waals surface area contributed by atoms with Crippen molar-refractivity contribution in [3.63, 3.8) is 0 Å². The summed E-state index contributed by atoms with van der Waals surface area (Å²) in [4.78, 5) is 175. The molecule has 0 saturated carbocycles. The predicted molar refractivity (Wildman–Crippen MR) is 533 cm³/mol. The molecule has 44 nitrogen and oxygen atoms in total. The summed E-state index contributed by atoms with van der Waals surface area (Å²) in [5.41, 5.74) is 17.5. The van der Waals surface area contributed by atoms with Crippen molar-refractivity contribution >= 4 is 94.9 Å². The van der Waals surface area contributed by atoms with Crippen molar-refractivity contribution in [3.05, 3.63) is 0 Å². The smallest absolute Gasteiger partial charge is 0.311 e. The van der Waals surface area contributed by atoms with Crippen molar-refractivity contribution in [2.75, 3.05) is 108 Å². The van der Waals surface area contributed by atoms with E-state index in [1.807, 2.05) is 83.1 Å². The molecule has 22 N–H and O–H groups in total. The average molecular weight is 2040 g/mol. The molecule has 0 bridgehead atoms. The normalized spacial score (nSPS) is 13.6. The Morgan fingerprint density at radius 1 is 0.312 bits per heavy atom.